The molecule has 0 unspecified atom stereocenters. The molecule has 0 aliphatic heterocycles. The van der Waals surface area contributed by atoms with Gasteiger partial charge in [-0.2, -0.15) is 5.26 Å². The van der Waals surface area contributed by atoms with E-state index in [9.17, 15) is 4.39 Å². The molecule has 0 saturated heterocycles. The van der Waals surface area contributed by atoms with Crippen LogP contribution in [0.5, 0.6) is 17.2 Å². The Labute approximate surface area is 124 Å². The van der Waals surface area contributed by atoms with E-state index in [0.717, 1.165) is 0 Å². The number of benzene rings is 2. The number of hydrogen-bond acceptors (Lipinski definition) is 3. The van der Waals surface area contributed by atoms with Gasteiger partial charge in [0.05, 0.1) is 18.7 Å². The van der Waals surface area contributed by atoms with Crippen LogP contribution in [-0.2, 0) is 5.33 Å². The molecule has 2 aromatic rings. The number of methoxy groups -OCH3 is 1. The smallest absolute Gasteiger partial charge is 0.132 e. The van der Waals surface area contributed by atoms with Crippen molar-refractivity contribution in [3.63, 3.8) is 0 Å². The zero-order chi connectivity index (χ0) is 14.5. The van der Waals surface area contributed by atoms with E-state index in [2.05, 4.69) is 15.9 Å². The fourth-order valence-corrected chi connectivity index (χ4v) is 2.13. The molecule has 0 saturated carbocycles. The van der Waals surface area contributed by atoms with Crippen molar-refractivity contribution in [2.75, 3.05) is 7.11 Å². The van der Waals surface area contributed by atoms with Gasteiger partial charge in [-0.25, -0.2) is 4.39 Å². The number of halogens is 2. The lowest BCUT2D eigenvalue weighted by Crippen LogP contribution is -1.92. The summed E-state index contributed by atoms with van der Waals surface area (Å²) in [5.74, 6) is 1.20. The van der Waals surface area contributed by atoms with Crippen LogP contribution in [0.3, 0.4) is 0 Å². The molecular weight excluding hydrogens is 325 g/mol. The van der Waals surface area contributed by atoms with Crippen LogP contribution in [0.2, 0.25) is 0 Å². The molecule has 0 N–H and O–H groups in total. The third-order valence-corrected chi connectivity index (χ3v) is 3.24. The lowest BCUT2D eigenvalue weighted by atomic mass is 10.2. The van der Waals surface area contributed by atoms with E-state index in [1.165, 1.54) is 19.2 Å². The van der Waals surface area contributed by atoms with Crippen molar-refractivity contribution in [3.8, 4) is 23.3 Å². The van der Waals surface area contributed by atoms with E-state index in [0.29, 0.717) is 33.7 Å². The van der Waals surface area contributed by atoms with Gasteiger partial charge in [-0.05, 0) is 30.3 Å². The van der Waals surface area contributed by atoms with Gasteiger partial charge in [-0.1, -0.05) is 15.9 Å². The Kier molecular flexibility index (Phi) is 4.59. The van der Waals surface area contributed by atoms with E-state index < -0.39 is 0 Å². The fourth-order valence-electron chi connectivity index (χ4n) is 1.69. The predicted octanol–water partition coefficient (Wildman–Crippen LogP) is 4.39. The summed E-state index contributed by atoms with van der Waals surface area (Å²) >= 11 is 3.29. The topological polar surface area (TPSA) is 42.2 Å². The average molecular weight is 336 g/mol. The number of ether oxygens (including phenoxy) is 2. The summed E-state index contributed by atoms with van der Waals surface area (Å²) in [6.45, 7) is 0. The molecule has 5 heteroatoms. The second-order valence-electron chi connectivity index (χ2n) is 4.00. The molecule has 2 aromatic carbocycles. The normalized spacial score (nSPS) is 9.90. The molecule has 0 radical (unpaired) electrons. The van der Waals surface area contributed by atoms with E-state index in [1.807, 2.05) is 6.07 Å². The molecule has 102 valence electrons. The molecule has 2 rings (SSSR count). The summed E-state index contributed by atoms with van der Waals surface area (Å²) in [4.78, 5) is 0. The molecule has 0 aliphatic rings. The highest BCUT2D eigenvalue weighted by Crippen LogP contribution is 2.30. The van der Waals surface area contributed by atoms with Gasteiger partial charge in [0.1, 0.15) is 23.1 Å². The summed E-state index contributed by atoms with van der Waals surface area (Å²) in [5, 5.41) is 9.43. The van der Waals surface area contributed by atoms with E-state index in [4.69, 9.17) is 14.7 Å². The molecule has 0 spiro atoms. The van der Waals surface area contributed by atoms with E-state index >= 15 is 0 Å². The van der Waals surface area contributed by atoms with Gasteiger partial charge in [-0.3, -0.25) is 0 Å². The highest BCUT2D eigenvalue weighted by atomic mass is 79.9. The molecule has 3 nitrogen and oxygen atoms in total. The van der Waals surface area contributed by atoms with Gasteiger partial charge in [0.25, 0.3) is 0 Å². The van der Waals surface area contributed by atoms with E-state index in [-0.39, 0.29) is 5.82 Å². The SMILES string of the molecule is COc1cc(C#N)cc(Oc2ccc(F)cc2CBr)c1. The van der Waals surface area contributed by atoms with Gasteiger partial charge in [0, 0.05) is 17.0 Å². The Hall–Kier alpha value is -2.06. The van der Waals surface area contributed by atoms with Crippen molar-refractivity contribution in [2.45, 2.75) is 5.33 Å². The van der Waals surface area contributed by atoms with Crippen LogP contribution in [0, 0.1) is 17.1 Å². The second kappa shape index (κ2) is 6.40. The summed E-state index contributed by atoms with van der Waals surface area (Å²) in [6, 6.07) is 11.2. The van der Waals surface area contributed by atoms with E-state index in [1.54, 1.807) is 24.3 Å². The summed E-state index contributed by atoms with van der Waals surface area (Å²) in [5.41, 5.74) is 1.12. The quantitative estimate of drug-likeness (QED) is 0.778. The summed E-state index contributed by atoms with van der Waals surface area (Å²) < 4.78 is 24.0. The van der Waals surface area contributed by atoms with Gasteiger partial charge in [0.2, 0.25) is 0 Å². The zero-order valence-electron chi connectivity index (χ0n) is 10.7. The molecule has 0 fully saturated rings. The van der Waals surface area contributed by atoms with Crippen molar-refractivity contribution >= 4 is 15.9 Å². The van der Waals surface area contributed by atoms with Gasteiger partial charge in [-0.15, -0.1) is 0 Å². The maximum Gasteiger partial charge on any atom is 0.132 e. The van der Waals surface area contributed by atoms with Crippen LogP contribution in [0.25, 0.3) is 0 Å². The lowest BCUT2D eigenvalue weighted by molar-refractivity contribution is 0.408. The third kappa shape index (κ3) is 3.28. The molecule has 0 atom stereocenters. The fraction of sp³-hybridized carbons (Fsp3) is 0.133. The zero-order valence-corrected chi connectivity index (χ0v) is 12.3. The molecule has 0 aliphatic carbocycles. The highest BCUT2D eigenvalue weighted by Gasteiger charge is 2.08. The number of hydrogen-bond donors (Lipinski definition) is 0. The third-order valence-electron chi connectivity index (χ3n) is 2.64. The second-order valence-corrected chi connectivity index (χ2v) is 4.56. The first kappa shape index (κ1) is 14.4. The molecule has 0 aromatic heterocycles. The minimum atomic E-state index is -0.324. The molecule has 0 heterocycles. The van der Waals surface area contributed by atoms with Crippen LogP contribution in [0.1, 0.15) is 11.1 Å². The summed E-state index contributed by atoms with van der Waals surface area (Å²) in [6.07, 6.45) is 0. The number of nitrogens with zero attached hydrogens (tertiary/aromatic N) is 1. The monoisotopic (exact) mass is 335 g/mol. The lowest BCUT2D eigenvalue weighted by Gasteiger charge is -2.11. The van der Waals surface area contributed by atoms with Gasteiger partial charge in [0.15, 0.2) is 0 Å². The van der Waals surface area contributed by atoms with Crippen molar-refractivity contribution in [2.24, 2.45) is 0 Å². The first-order chi connectivity index (χ1) is 9.66. The maximum atomic E-state index is 13.2. The Bertz CT molecular complexity index is 667. The highest BCUT2D eigenvalue weighted by molar-refractivity contribution is 9.08. The van der Waals surface area contributed by atoms with Crippen LogP contribution in [0.15, 0.2) is 36.4 Å². The molecule has 20 heavy (non-hydrogen) atoms. The Morgan fingerprint density at radius 2 is 1.95 bits per heavy atom. The van der Waals surface area contributed by atoms with Crippen LogP contribution in [0.4, 0.5) is 4.39 Å². The molecule has 0 amide bonds. The van der Waals surface area contributed by atoms with Crippen molar-refractivity contribution in [1.29, 1.82) is 5.26 Å². The van der Waals surface area contributed by atoms with Crippen LogP contribution in [-0.4, -0.2) is 7.11 Å². The standard InChI is InChI=1S/C15H11BrFNO2/c1-19-13-4-10(9-18)5-14(7-13)20-15-3-2-12(17)6-11(15)8-16/h2-7H,8H2,1H3. The minimum Gasteiger partial charge on any atom is -0.497 e. The largest absolute Gasteiger partial charge is 0.497 e. The van der Waals surface area contributed by atoms with Gasteiger partial charge < -0.3 is 9.47 Å². The summed E-state index contributed by atoms with van der Waals surface area (Å²) in [7, 11) is 1.52. The van der Waals surface area contributed by atoms with Crippen LogP contribution < -0.4 is 9.47 Å². The van der Waals surface area contributed by atoms with Crippen LogP contribution >= 0.6 is 15.9 Å². The first-order valence-electron chi connectivity index (χ1n) is 5.77. The van der Waals surface area contributed by atoms with Crippen molar-refractivity contribution in [3.05, 3.63) is 53.3 Å². The van der Waals surface area contributed by atoms with Crippen molar-refractivity contribution in [1.82, 2.24) is 0 Å². The molecule has 0 bridgehead atoms. The first-order valence-corrected chi connectivity index (χ1v) is 6.90. The number of nitriles is 1. The number of alkyl halides is 1. The average Bonchev–Trinajstić information content (AvgIpc) is 2.48. The Balaban J connectivity index is 2.37. The Morgan fingerprint density at radius 3 is 2.60 bits per heavy atom. The van der Waals surface area contributed by atoms with Crippen molar-refractivity contribution < 1.29 is 13.9 Å². The Morgan fingerprint density at radius 1 is 1.20 bits per heavy atom. The number of rotatable bonds is 4. The maximum absolute atomic E-state index is 13.2. The van der Waals surface area contributed by atoms with Gasteiger partial charge >= 0.3 is 0 Å². The predicted molar refractivity (Wildman–Crippen MR) is 76.8 cm³/mol. The molecular formula is C15H11BrFNO2. The minimum absolute atomic E-state index is 0.324.